The normalized spacial score (nSPS) is 14.7. The van der Waals surface area contributed by atoms with E-state index < -0.39 is 5.54 Å². The van der Waals surface area contributed by atoms with E-state index in [1.54, 1.807) is 7.11 Å². The summed E-state index contributed by atoms with van der Waals surface area (Å²) in [5, 5.41) is 3.23. The first kappa shape index (κ1) is 17.4. The third kappa shape index (κ3) is 7.63. The summed E-state index contributed by atoms with van der Waals surface area (Å²) in [7, 11) is 1.65. The molecule has 0 rings (SSSR count). The molecule has 0 aromatic carbocycles. The molecule has 0 radical (unpaired) electrons. The van der Waals surface area contributed by atoms with Crippen LogP contribution >= 0.6 is 0 Å². The van der Waals surface area contributed by atoms with E-state index in [1.807, 2.05) is 20.8 Å². The molecule has 5 nitrogen and oxygen atoms in total. The molecule has 0 fully saturated rings. The van der Waals surface area contributed by atoms with E-state index in [1.165, 1.54) is 0 Å². The molecule has 0 bridgehead atoms. The van der Waals surface area contributed by atoms with Gasteiger partial charge >= 0.3 is 0 Å². The van der Waals surface area contributed by atoms with Gasteiger partial charge < -0.3 is 20.5 Å². The molecule has 0 aromatic heterocycles. The topological polar surface area (TPSA) is 73.6 Å². The molecule has 3 N–H and O–H groups in total. The second-order valence-electron chi connectivity index (χ2n) is 5.06. The fourth-order valence-corrected chi connectivity index (χ4v) is 1.83. The van der Waals surface area contributed by atoms with Gasteiger partial charge in [-0.05, 0) is 40.0 Å². The predicted octanol–water partition coefficient (Wildman–Crippen LogP) is 1.06. The third-order valence-electron chi connectivity index (χ3n) is 2.80. The molecule has 1 atom stereocenters. The van der Waals surface area contributed by atoms with Gasteiger partial charge in [-0.15, -0.1) is 0 Å². The van der Waals surface area contributed by atoms with Gasteiger partial charge in [-0.1, -0.05) is 0 Å². The van der Waals surface area contributed by atoms with E-state index in [9.17, 15) is 4.79 Å². The van der Waals surface area contributed by atoms with E-state index in [0.29, 0.717) is 19.8 Å². The quantitative estimate of drug-likeness (QED) is 0.545. The van der Waals surface area contributed by atoms with Crippen molar-refractivity contribution in [2.45, 2.75) is 51.6 Å². The number of ether oxygens (including phenoxy) is 2. The molecule has 0 heterocycles. The van der Waals surface area contributed by atoms with Gasteiger partial charge in [-0.3, -0.25) is 4.79 Å². The maximum atomic E-state index is 11.5. The zero-order valence-corrected chi connectivity index (χ0v) is 12.1. The van der Waals surface area contributed by atoms with E-state index >= 15 is 0 Å². The number of hydrogen-bond donors (Lipinski definition) is 2. The zero-order valence-electron chi connectivity index (χ0n) is 12.1. The van der Waals surface area contributed by atoms with Gasteiger partial charge in [0.15, 0.2) is 0 Å². The van der Waals surface area contributed by atoms with Crippen LogP contribution in [0.5, 0.6) is 0 Å². The Labute approximate surface area is 110 Å². The van der Waals surface area contributed by atoms with Crippen molar-refractivity contribution >= 4 is 5.91 Å². The molecule has 1 unspecified atom stereocenters. The molecule has 0 aliphatic carbocycles. The monoisotopic (exact) mass is 260 g/mol. The van der Waals surface area contributed by atoms with Crippen molar-refractivity contribution in [2.24, 2.45) is 5.73 Å². The first-order chi connectivity index (χ1) is 8.42. The summed E-state index contributed by atoms with van der Waals surface area (Å²) in [5.74, 6) is -0.295. The van der Waals surface area contributed by atoms with Gasteiger partial charge in [0.25, 0.3) is 0 Å². The Bertz CT molecular complexity index is 234. The smallest absolute Gasteiger partial charge is 0.237 e. The van der Waals surface area contributed by atoms with Gasteiger partial charge in [-0.2, -0.15) is 0 Å². The maximum Gasteiger partial charge on any atom is 0.237 e. The van der Waals surface area contributed by atoms with E-state index in [0.717, 1.165) is 19.3 Å². The minimum Gasteiger partial charge on any atom is -0.382 e. The molecule has 0 aliphatic heterocycles. The Kier molecular flexibility index (Phi) is 8.97. The molecule has 1 amide bonds. The highest BCUT2D eigenvalue weighted by atomic mass is 16.5. The Morgan fingerprint density at radius 1 is 1.28 bits per heavy atom. The molecule has 0 aromatic rings. The molecule has 0 saturated carbocycles. The van der Waals surface area contributed by atoms with Crippen molar-refractivity contribution in [1.82, 2.24) is 5.32 Å². The number of nitrogens with one attached hydrogen (secondary N) is 1. The van der Waals surface area contributed by atoms with Crippen LogP contribution in [-0.2, 0) is 14.3 Å². The second kappa shape index (κ2) is 9.30. The standard InChI is InChI=1S/C13H28N2O3/c1-11(2)15-13(3,12(14)16)7-5-6-8-18-10-9-17-4/h11,15H,5-10H2,1-4H3,(H2,14,16). The van der Waals surface area contributed by atoms with Crippen LogP contribution in [0.1, 0.15) is 40.0 Å². The van der Waals surface area contributed by atoms with Gasteiger partial charge in [0, 0.05) is 19.8 Å². The lowest BCUT2D eigenvalue weighted by atomic mass is 9.93. The molecule has 0 saturated heterocycles. The number of amides is 1. The highest BCUT2D eigenvalue weighted by Crippen LogP contribution is 2.14. The van der Waals surface area contributed by atoms with E-state index in [-0.39, 0.29) is 11.9 Å². The number of nitrogens with two attached hydrogens (primary N) is 1. The van der Waals surface area contributed by atoms with Gasteiger partial charge in [0.05, 0.1) is 18.8 Å². The summed E-state index contributed by atoms with van der Waals surface area (Å²) in [5.41, 5.74) is 4.83. The Balaban J connectivity index is 3.81. The summed E-state index contributed by atoms with van der Waals surface area (Å²) in [6.45, 7) is 7.81. The molecule has 18 heavy (non-hydrogen) atoms. The molecule has 0 spiro atoms. The van der Waals surface area contributed by atoms with Crippen LogP contribution < -0.4 is 11.1 Å². The molecular formula is C13H28N2O3. The average molecular weight is 260 g/mol. The molecular weight excluding hydrogens is 232 g/mol. The second-order valence-corrected chi connectivity index (χ2v) is 5.06. The first-order valence-corrected chi connectivity index (χ1v) is 6.56. The van der Waals surface area contributed by atoms with Gasteiger partial charge in [-0.25, -0.2) is 0 Å². The third-order valence-corrected chi connectivity index (χ3v) is 2.80. The van der Waals surface area contributed by atoms with Crippen LogP contribution in [0.15, 0.2) is 0 Å². The summed E-state index contributed by atoms with van der Waals surface area (Å²) < 4.78 is 10.3. The molecule has 108 valence electrons. The largest absolute Gasteiger partial charge is 0.382 e. The summed E-state index contributed by atoms with van der Waals surface area (Å²) in [4.78, 5) is 11.5. The van der Waals surface area contributed by atoms with Crippen LogP contribution in [0.3, 0.4) is 0 Å². The number of hydrogen-bond acceptors (Lipinski definition) is 4. The Morgan fingerprint density at radius 3 is 2.44 bits per heavy atom. The minimum atomic E-state index is -0.624. The number of carbonyl (C=O) groups is 1. The Morgan fingerprint density at radius 2 is 1.94 bits per heavy atom. The van der Waals surface area contributed by atoms with Crippen LogP contribution in [0.2, 0.25) is 0 Å². The zero-order chi connectivity index (χ0) is 14.0. The number of unbranched alkanes of at least 4 members (excludes halogenated alkanes) is 1. The Hall–Kier alpha value is -0.650. The maximum absolute atomic E-state index is 11.5. The number of methoxy groups -OCH3 is 1. The van der Waals surface area contributed by atoms with Crippen LogP contribution in [0.25, 0.3) is 0 Å². The number of primary amides is 1. The lowest BCUT2D eigenvalue weighted by Gasteiger charge is -2.29. The summed E-state index contributed by atoms with van der Waals surface area (Å²) in [6.07, 6.45) is 2.56. The van der Waals surface area contributed by atoms with Crippen molar-refractivity contribution in [3.8, 4) is 0 Å². The van der Waals surface area contributed by atoms with E-state index in [4.69, 9.17) is 15.2 Å². The van der Waals surface area contributed by atoms with Crippen molar-refractivity contribution in [1.29, 1.82) is 0 Å². The van der Waals surface area contributed by atoms with Crippen molar-refractivity contribution in [3.63, 3.8) is 0 Å². The molecule has 0 aliphatic rings. The SMILES string of the molecule is COCCOCCCCC(C)(NC(C)C)C(N)=O. The van der Waals surface area contributed by atoms with E-state index in [2.05, 4.69) is 5.32 Å². The van der Waals surface area contributed by atoms with Gasteiger partial charge in [0.2, 0.25) is 5.91 Å². The fourth-order valence-electron chi connectivity index (χ4n) is 1.83. The van der Waals surface area contributed by atoms with Crippen molar-refractivity contribution < 1.29 is 14.3 Å². The predicted molar refractivity (Wildman–Crippen MR) is 72.4 cm³/mol. The average Bonchev–Trinajstić information content (AvgIpc) is 2.26. The fraction of sp³-hybridized carbons (Fsp3) is 0.923. The van der Waals surface area contributed by atoms with Crippen LogP contribution in [0, 0.1) is 0 Å². The summed E-state index contributed by atoms with van der Waals surface area (Å²) >= 11 is 0. The van der Waals surface area contributed by atoms with Crippen LogP contribution in [0.4, 0.5) is 0 Å². The lowest BCUT2D eigenvalue weighted by molar-refractivity contribution is -0.124. The minimum absolute atomic E-state index is 0.237. The highest BCUT2D eigenvalue weighted by molar-refractivity contribution is 5.84. The highest BCUT2D eigenvalue weighted by Gasteiger charge is 2.30. The number of rotatable bonds is 11. The lowest BCUT2D eigenvalue weighted by Crippen LogP contribution is -2.55. The van der Waals surface area contributed by atoms with Crippen LogP contribution in [-0.4, -0.2) is 44.4 Å². The molecule has 5 heteroatoms. The van der Waals surface area contributed by atoms with Gasteiger partial charge in [0.1, 0.15) is 0 Å². The van der Waals surface area contributed by atoms with Crippen molar-refractivity contribution in [2.75, 3.05) is 26.9 Å². The summed E-state index contributed by atoms with van der Waals surface area (Å²) in [6, 6.07) is 0.237. The number of carbonyl (C=O) groups excluding carboxylic acids is 1. The van der Waals surface area contributed by atoms with Crippen molar-refractivity contribution in [3.05, 3.63) is 0 Å². The first-order valence-electron chi connectivity index (χ1n) is 6.56.